The van der Waals surface area contributed by atoms with E-state index >= 15 is 0 Å². The summed E-state index contributed by atoms with van der Waals surface area (Å²) in [6.45, 7) is 7.37. The van der Waals surface area contributed by atoms with E-state index in [1.807, 2.05) is 45.0 Å². The number of carboxylic acids is 1. The number of aromatic carboxylic acids is 1. The average Bonchev–Trinajstić information content (AvgIpc) is 3.24. The molecule has 2 heterocycles. The summed E-state index contributed by atoms with van der Waals surface area (Å²) in [5, 5.41) is 18.6. The zero-order valence-electron chi connectivity index (χ0n) is 17.2. The van der Waals surface area contributed by atoms with Gasteiger partial charge in [0, 0.05) is 0 Å². The van der Waals surface area contributed by atoms with Crippen LogP contribution in [0, 0.1) is 13.8 Å². The summed E-state index contributed by atoms with van der Waals surface area (Å²) in [5.41, 5.74) is 4.61. The van der Waals surface area contributed by atoms with Crippen molar-refractivity contribution in [2.24, 2.45) is 0 Å². The average molecular weight is 396 g/mol. The van der Waals surface area contributed by atoms with E-state index in [1.54, 1.807) is 16.3 Å². The first-order valence-corrected chi connectivity index (χ1v) is 9.43. The zero-order valence-corrected chi connectivity index (χ0v) is 17.2. The van der Waals surface area contributed by atoms with Gasteiger partial charge in [0.1, 0.15) is 11.1 Å². The summed E-state index contributed by atoms with van der Waals surface area (Å²) >= 11 is 0. The van der Waals surface area contributed by atoms with Crippen LogP contribution in [0.2, 0.25) is 0 Å². The van der Waals surface area contributed by atoms with Crippen LogP contribution in [0.5, 0.6) is 0 Å². The van der Waals surface area contributed by atoms with Crippen molar-refractivity contribution < 1.29 is 19.4 Å². The molecule has 0 bridgehead atoms. The van der Waals surface area contributed by atoms with Crippen LogP contribution in [0.1, 0.15) is 57.3 Å². The van der Waals surface area contributed by atoms with E-state index in [1.165, 1.54) is 7.11 Å². The van der Waals surface area contributed by atoms with E-state index < -0.39 is 11.9 Å². The van der Waals surface area contributed by atoms with E-state index in [2.05, 4.69) is 10.2 Å². The molecule has 152 valence electrons. The van der Waals surface area contributed by atoms with Gasteiger partial charge in [-0.25, -0.2) is 19.0 Å². The first-order valence-electron chi connectivity index (χ1n) is 9.43. The molecular weight excluding hydrogens is 372 g/mol. The lowest BCUT2D eigenvalue weighted by Crippen LogP contribution is -2.06. The highest BCUT2D eigenvalue weighted by Crippen LogP contribution is 2.24. The summed E-state index contributed by atoms with van der Waals surface area (Å²) in [4.78, 5) is 23.8. The van der Waals surface area contributed by atoms with Gasteiger partial charge in [0.15, 0.2) is 0 Å². The van der Waals surface area contributed by atoms with Crippen molar-refractivity contribution >= 4 is 11.9 Å². The SMILES string of the molecule is CCc1nn(-c2cccc(-n3nc(CC)c(C(=O)OC)c3C)c2)c(C)c1C(=O)O. The van der Waals surface area contributed by atoms with Crippen molar-refractivity contribution in [3.05, 3.63) is 58.2 Å². The Kier molecular flexibility index (Phi) is 5.54. The van der Waals surface area contributed by atoms with Gasteiger partial charge in [-0.1, -0.05) is 19.9 Å². The lowest BCUT2D eigenvalue weighted by atomic mass is 10.1. The van der Waals surface area contributed by atoms with Gasteiger partial charge in [-0.05, 0) is 44.9 Å². The first-order chi connectivity index (χ1) is 13.8. The summed E-state index contributed by atoms with van der Waals surface area (Å²) in [7, 11) is 1.35. The third-order valence-corrected chi connectivity index (χ3v) is 4.97. The van der Waals surface area contributed by atoms with Crippen LogP contribution in [0.15, 0.2) is 24.3 Å². The maximum atomic E-state index is 12.2. The molecule has 1 N–H and O–H groups in total. The minimum atomic E-state index is -0.986. The fourth-order valence-corrected chi connectivity index (χ4v) is 3.52. The van der Waals surface area contributed by atoms with Crippen molar-refractivity contribution in [3.8, 4) is 11.4 Å². The molecule has 0 amide bonds. The van der Waals surface area contributed by atoms with Crippen molar-refractivity contribution in [1.82, 2.24) is 19.6 Å². The number of carboxylic acid groups (broad SMARTS) is 1. The van der Waals surface area contributed by atoms with Gasteiger partial charge in [0.25, 0.3) is 0 Å². The Morgan fingerprint density at radius 1 is 0.966 bits per heavy atom. The fraction of sp³-hybridized carbons (Fsp3) is 0.333. The molecule has 0 aliphatic heterocycles. The maximum Gasteiger partial charge on any atom is 0.341 e. The number of carbonyl (C=O) groups is 2. The Morgan fingerprint density at radius 3 is 1.86 bits per heavy atom. The van der Waals surface area contributed by atoms with Gasteiger partial charge in [-0.15, -0.1) is 0 Å². The van der Waals surface area contributed by atoms with Gasteiger partial charge in [-0.3, -0.25) is 0 Å². The highest BCUT2D eigenvalue weighted by molar-refractivity contribution is 5.92. The molecule has 0 saturated heterocycles. The van der Waals surface area contributed by atoms with Crippen LogP contribution in [0.4, 0.5) is 0 Å². The summed E-state index contributed by atoms with van der Waals surface area (Å²) in [6.07, 6.45) is 1.12. The monoisotopic (exact) mass is 396 g/mol. The molecule has 0 atom stereocenters. The number of methoxy groups -OCH3 is 1. The molecule has 8 heteroatoms. The number of nitrogens with zero attached hydrogens (tertiary/aromatic N) is 4. The number of ether oxygens (including phenoxy) is 1. The van der Waals surface area contributed by atoms with Crippen LogP contribution in [-0.2, 0) is 17.6 Å². The van der Waals surface area contributed by atoms with E-state index in [0.29, 0.717) is 41.2 Å². The second kappa shape index (κ2) is 7.90. The van der Waals surface area contributed by atoms with Crippen molar-refractivity contribution in [1.29, 1.82) is 0 Å². The van der Waals surface area contributed by atoms with Crippen molar-refractivity contribution in [3.63, 3.8) is 0 Å². The second-order valence-electron chi connectivity index (χ2n) is 6.66. The standard InChI is InChI=1S/C21H24N4O4/c1-6-16-18(20(26)27)12(3)24(22-16)14-9-8-10-15(11-14)25-13(4)19(21(28)29-5)17(7-2)23-25/h8-11H,6-7H2,1-5H3,(H,26,27). The number of esters is 1. The minimum absolute atomic E-state index is 0.231. The van der Waals surface area contributed by atoms with Crippen LogP contribution in [0.3, 0.4) is 0 Å². The van der Waals surface area contributed by atoms with E-state index in [9.17, 15) is 14.7 Å². The molecule has 0 saturated carbocycles. The van der Waals surface area contributed by atoms with Crippen molar-refractivity contribution in [2.45, 2.75) is 40.5 Å². The number of rotatable bonds is 6. The lowest BCUT2D eigenvalue weighted by molar-refractivity contribution is 0.0597. The quantitative estimate of drug-likeness (QED) is 0.642. The molecule has 29 heavy (non-hydrogen) atoms. The number of hydrogen-bond acceptors (Lipinski definition) is 5. The molecule has 2 aromatic heterocycles. The predicted molar refractivity (Wildman–Crippen MR) is 107 cm³/mol. The number of carbonyl (C=O) groups excluding carboxylic acids is 1. The second-order valence-corrected chi connectivity index (χ2v) is 6.66. The molecular formula is C21H24N4O4. The molecule has 8 nitrogen and oxygen atoms in total. The predicted octanol–water partition coefficient (Wildman–Crippen LogP) is 3.28. The largest absolute Gasteiger partial charge is 0.478 e. The summed E-state index contributed by atoms with van der Waals surface area (Å²) in [6, 6.07) is 7.45. The van der Waals surface area contributed by atoms with E-state index in [0.717, 1.165) is 11.4 Å². The topological polar surface area (TPSA) is 99.2 Å². The smallest absolute Gasteiger partial charge is 0.341 e. The molecule has 0 radical (unpaired) electrons. The van der Waals surface area contributed by atoms with Crippen LogP contribution >= 0.6 is 0 Å². The Bertz CT molecular complexity index is 1090. The van der Waals surface area contributed by atoms with E-state index in [4.69, 9.17) is 4.74 Å². The van der Waals surface area contributed by atoms with Gasteiger partial charge >= 0.3 is 11.9 Å². The Balaban J connectivity index is 2.14. The third-order valence-electron chi connectivity index (χ3n) is 4.97. The summed E-state index contributed by atoms with van der Waals surface area (Å²) < 4.78 is 8.24. The lowest BCUT2D eigenvalue weighted by Gasteiger charge is -2.09. The molecule has 3 aromatic rings. The fourth-order valence-electron chi connectivity index (χ4n) is 3.52. The Hall–Kier alpha value is -3.42. The third kappa shape index (κ3) is 3.41. The summed E-state index contributed by atoms with van der Waals surface area (Å²) in [5.74, 6) is -1.40. The highest BCUT2D eigenvalue weighted by atomic mass is 16.5. The van der Waals surface area contributed by atoms with Crippen LogP contribution < -0.4 is 0 Å². The number of aryl methyl sites for hydroxylation is 2. The van der Waals surface area contributed by atoms with Gasteiger partial charge in [0.2, 0.25) is 0 Å². The molecule has 1 aromatic carbocycles. The number of benzene rings is 1. The minimum Gasteiger partial charge on any atom is -0.478 e. The van der Waals surface area contributed by atoms with Gasteiger partial charge in [0.05, 0.1) is 41.3 Å². The van der Waals surface area contributed by atoms with Gasteiger partial charge < -0.3 is 9.84 Å². The highest BCUT2D eigenvalue weighted by Gasteiger charge is 2.23. The first kappa shape index (κ1) is 20.3. The zero-order chi connectivity index (χ0) is 21.3. The van der Waals surface area contributed by atoms with Gasteiger partial charge in [-0.2, -0.15) is 10.2 Å². The Morgan fingerprint density at radius 2 is 1.45 bits per heavy atom. The molecule has 0 spiro atoms. The Labute approximate surface area is 168 Å². The molecule has 3 rings (SSSR count). The normalized spacial score (nSPS) is 10.9. The van der Waals surface area contributed by atoms with Crippen LogP contribution in [-0.4, -0.2) is 43.7 Å². The molecule has 0 fully saturated rings. The van der Waals surface area contributed by atoms with Crippen LogP contribution in [0.25, 0.3) is 11.4 Å². The number of aromatic nitrogens is 4. The van der Waals surface area contributed by atoms with E-state index in [-0.39, 0.29) is 5.56 Å². The molecule has 0 aliphatic carbocycles. The van der Waals surface area contributed by atoms with Crippen molar-refractivity contribution in [2.75, 3.05) is 7.11 Å². The maximum absolute atomic E-state index is 12.2. The molecule has 0 aliphatic rings. The number of hydrogen-bond donors (Lipinski definition) is 1. The molecule has 0 unspecified atom stereocenters.